The zero-order chi connectivity index (χ0) is 34.5. The molecule has 0 bridgehead atoms. The minimum absolute atomic E-state index is 0.00174. The Morgan fingerprint density at radius 2 is 1.13 bits per heavy atom. The SMILES string of the molecule is CNCCCCC1CN(C)C(=O)C(Oc2c([N+](=O)[O-])cc([N+](=O)[O-])cc2[N+](=O)[O-])(Oc2c([N+](=O)[O-])cc([N+](=O)[O-])cc2[N+](=O)[O-])C1. The summed E-state index contributed by atoms with van der Waals surface area (Å²) in [6.07, 6.45) is 0.812. The van der Waals surface area contributed by atoms with E-state index >= 15 is 0 Å². The molecule has 1 unspecified atom stereocenters. The van der Waals surface area contributed by atoms with E-state index < -0.39 is 99.2 Å². The van der Waals surface area contributed by atoms with Crippen LogP contribution < -0.4 is 14.8 Å². The molecule has 246 valence electrons. The maximum absolute atomic E-state index is 13.8. The van der Waals surface area contributed by atoms with Crippen LogP contribution in [0.5, 0.6) is 11.5 Å². The van der Waals surface area contributed by atoms with Gasteiger partial charge in [-0.3, -0.25) is 65.5 Å². The van der Waals surface area contributed by atoms with Crippen molar-refractivity contribution in [2.45, 2.75) is 31.5 Å². The van der Waals surface area contributed by atoms with Gasteiger partial charge >= 0.3 is 34.4 Å². The van der Waals surface area contributed by atoms with Crippen LogP contribution in [0.3, 0.4) is 0 Å². The van der Waals surface area contributed by atoms with Crippen molar-refractivity contribution in [3.63, 3.8) is 0 Å². The molecule has 1 atom stereocenters. The van der Waals surface area contributed by atoms with E-state index in [-0.39, 0.29) is 6.54 Å². The van der Waals surface area contributed by atoms with Gasteiger partial charge in [0.1, 0.15) is 0 Å². The van der Waals surface area contributed by atoms with Crippen molar-refractivity contribution in [3.8, 4) is 11.5 Å². The Morgan fingerprint density at radius 1 is 0.739 bits per heavy atom. The largest absolute Gasteiger partial charge is 0.430 e. The Labute approximate surface area is 255 Å². The van der Waals surface area contributed by atoms with Crippen LogP contribution in [0, 0.1) is 66.6 Å². The van der Waals surface area contributed by atoms with Crippen LogP contribution in [-0.2, 0) is 4.79 Å². The number of ether oxygens (including phenoxy) is 2. The second-order valence-corrected chi connectivity index (χ2v) is 9.98. The molecular formula is C23H24N8O15. The predicted octanol–water partition coefficient (Wildman–Crippen LogP) is 3.16. The zero-order valence-corrected chi connectivity index (χ0v) is 23.9. The molecule has 23 heteroatoms. The second-order valence-electron chi connectivity index (χ2n) is 9.98. The Balaban J connectivity index is 2.37. The third-order valence-electron chi connectivity index (χ3n) is 6.86. The van der Waals surface area contributed by atoms with E-state index in [1.807, 2.05) is 0 Å². The summed E-state index contributed by atoms with van der Waals surface area (Å²) in [5.74, 6) is -7.57. The Bertz CT molecular complexity index is 1460. The van der Waals surface area contributed by atoms with Crippen molar-refractivity contribution < 1.29 is 43.8 Å². The van der Waals surface area contributed by atoms with E-state index in [2.05, 4.69) is 5.32 Å². The molecule has 1 amide bonds. The molecule has 1 N–H and O–H groups in total. The van der Waals surface area contributed by atoms with Gasteiger partial charge in [0.2, 0.25) is 0 Å². The predicted molar refractivity (Wildman–Crippen MR) is 150 cm³/mol. The quantitative estimate of drug-likeness (QED) is 0.125. The molecule has 0 saturated carbocycles. The van der Waals surface area contributed by atoms with Gasteiger partial charge in [-0.25, -0.2) is 0 Å². The highest BCUT2D eigenvalue weighted by Crippen LogP contribution is 2.48. The monoisotopic (exact) mass is 652 g/mol. The first kappa shape index (κ1) is 34.4. The van der Waals surface area contributed by atoms with Crippen LogP contribution in [-0.4, -0.2) is 73.3 Å². The van der Waals surface area contributed by atoms with E-state index in [0.29, 0.717) is 50.1 Å². The summed E-state index contributed by atoms with van der Waals surface area (Å²) >= 11 is 0. The topological polar surface area (TPSA) is 310 Å². The second kappa shape index (κ2) is 13.7. The maximum Gasteiger partial charge on any atom is 0.333 e. The molecule has 0 aliphatic carbocycles. The number of nitrogens with zero attached hydrogens (tertiary/aromatic N) is 7. The lowest BCUT2D eigenvalue weighted by molar-refractivity contribution is -0.407. The number of amides is 1. The lowest BCUT2D eigenvalue weighted by Crippen LogP contribution is -2.61. The van der Waals surface area contributed by atoms with Crippen molar-refractivity contribution in [1.82, 2.24) is 10.2 Å². The van der Waals surface area contributed by atoms with Crippen LogP contribution >= 0.6 is 0 Å². The van der Waals surface area contributed by atoms with Crippen LogP contribution in [0.4, 0.5) is 34.1 Å². The average Bonchev–Trinajstić information content (AvgIpc) is 2.97. The third-order valence-corrected chi connectivity index (χ3v) is 6.86. The molecule has 1 aliphatic rings. The molecule has 0 radical (unpaired) electrons. The van der Waals surface area contributed by atoms with Crippen LogP contribution in [0.2, 0.25) is 0 Å². The first-order chi connectivity index (χ1) is 21.5. The van der Waals surface area contributed by atoms with E-state index in [1.165, 1.54) is 7.05 Å². The van der Waals surface area contributed by atoms with Crippen LogP contribution in [0.1, 0.15) is 25.7 Å². The molecule has 0 aromatic heterocycles. The van der Waals surface area contributed by atoms with Crippen molar-refractivity contribution >= 4 is 40.0 Å². The number of hydrogen-bond acceptors (Lipinski definition) is 16. The Kier molecular flexibility index (Phi) is 10.2. The van der Waals surface area contributed by atoms with Gasteiger partial charge in [-0.2, -0.15) is 0 Å². The Hall–Kier alpha value is -6.13. The number of carbonyl (C=O) groups is 1. The summed E-state index contributed by atoms with van der Waals surface area (Å²) in [4.78, 5) is 78.0. The highest BCUT2D eigenvalue weighted by atomic mass is 16.7. The molecule has 23 nitrogen and oxygen atoms in total. The van der Waals surface area contributed by atoms with Gasteiger partial charge < -0.3 is 19.7 Å². The number of nitro groups is 6. The lowest BCUT2D eigenvalue weighted by Gasteiger charge is -2.42. The summed E-state index contributed by atoms with van der Waals surface area (Å²) < 4.78 is 11.3. The van der Waals surface area contributed by atoms with Crippen molar-refractivity contribution in [2.24, 2.45) is 5.92 Å². The number of likely N-dealkylation sites (N-methyl/N-ethyl adjacent to an activating group) is 1. The highest BCUT2D eigenvalue weighted by molar-refractivity contribution is 5.86. The summed E-state index contributed by atoms with van der Waals surface area (Å²) in [6.45, 7) is 0.587. The highest BCUT2D eigenvalue weighted by Gasteiger charge is 2.55. The fraction of sp³-hybridized carbons (Fsp3) is 0.435. The average molecular weight is 652 g/mol. The molecule has 1 aliphatic heterocycles. The van der Waals surface area contributed by atoms with Crippen molar-refractivity contribution in [1.29, 1.82) is 0 Å². The molecular weight excluding hydrogens is 628 g/mol. The van der Waals surface area contributed by atoms with E-state index in [9.17, 15) is 65.5 Å². The van der Waals surface area contributed by atoms with Crippen LogP contribution in [0.25, 0.3) is 0 Å². The molecule has 0 spiro atoms. The molecule has 2 aromatic rings. The summed E-state index contributed by atoms with van der Waals surface area (Å²) in [6, 6.07) is 1.22. The minimum Gasteiger partial charge on any atom is -0.430 e. The maximum atomic E-state index is 13.8. The van der Waals surface area contributed by atoms with Gasteiger partial charge in [0.05, 0.1) is 53.8 Å². The van der Waals surface area contributed by atoms with Crippen molar-refractivity contribution in [2.75, 3.05) is 27.2 Å². The number of non-ortho nitro benzene ring substituents is 2. The number of unbranched alkanes of at least 4 members (excludes halogenated alkanes) is 1. The zero-order valence-electron chi connectivity index (χ0n) is 23.9. The summed E-state index contributed by atoms with van der Waals surface area (Å²) in [5.41, 5.74) is -7.69. The number of nitro benzene ring substituents is 6. The van der Waals surface area contributed by atoms with Gasteiger partial charge in [0.25, 0.3) is 22.9 Å². The number of hydrogen-bond donors (Lipinski definition) is 1. The normalized spacial score (nSPS) is 15.6. The van der Waals surface area contributed by atoms with Gasteiger partial charge in [-0.1, -0.05) is 6.42 Å². The number of rotatable bonds is 15. The van der Waals surface area contributed by atoms with E-state index in [4.69, 9.17) is 9.47 Å². The molecule has 1 fully saturated rings. The van der Waals surface area contributed by atoms with E-state index in [1.54, 1.807) is 7.05 Å². The molecule has 1 saturated heterocycles. The van der Waals surface area contributed by atoms with Gasteiger partial charge in [-0.05, 0) is 32.4 Å². The van der Waals surface area contributed by atoms with E-state index in [0.717, 1.165) is 4.90 Å². The Morgan fingerprint density at radius 3 is 1.46 bits per heavy atom. The number of benzene rings is 2. The lowest BCUT2D eigenvalue weighted by atomic mass is 9.88. The fourth-order valence-electron chi connectivity index (χ4n) is 4.87. The van der Waals surface area contributed by atoms with Gasteiger partial charge in [0, 0.05) is 20.0 Å². The van der Waals surface area contributed by atoms with Gasteiger partial charge in [-0.15, -0.1) is 0 Å². The minimum atomic E-state index is -3.03. The first-order valence-corrected chi connectivity index (χ1v) is 13.0. The first-order valence-electron chi connectivity index (χ1n) is 13.0. The fourth-order valence-corrected chi connectivity index (χ4v) is 4.87. The van der Waals surface area contributed by atoms with Crippen molar-refractivity contribution in [3.05, 3.63) is 85.0 Å². The molecule has 1 heterocycles. The van der Waals surface area contributed by atoms with Crippen LogP contribution in [0.15, 0.2) is 24.3 Å². The number of nitrogens with one attached hydrogen (secondary N) is 1. The summed E-state index contributed by atoms with van der Waals surface area (Å²) in [7, 11) is 2.91. The number of likely N-dealkylation sites (tertiary alicyclic amines) is 1. The smallest absolute Gasteiger partial charge is 0.333 e. The summed E-state index contributed by atoms with van der Waals surface area (Å²) in [5, 5.41) is 73.6. The molecule has 3 rings (SSSR count). The number of piperidine rings is 1. The van der Waals surface area contributed by atoms with Gasteiger partial charge in [0.15, 0.2) is 0 Å². The molecule has 46 heavy (non-hydrogen) atoms. The third kappa shape index (κ3) is 7.15. The number of carbonyl (C=O) groups excluding carboxylic acids is 1. The molecule has 2 aromatic carbocycles. The standard InChI is InChI=1S/C23H24N8O15/c1-24-6-4-3-5-13-11-23(22(32)25(2)12-13,45-20-16(28(37)38)7-14(26(33)34)8-17(20)29(39)40)46-21-18(30(41)42)9-15(27(35)36)10-19(21)31(43)44/h7-10,13,24H,3-6,11-12H2,1-2H3.